The summed E-state index contributed by atoms with van der Waals surface area (Å²) in [5.74, 6) is -0.207. The van der Waals surface area contributed by atoms with Gasteiger partial charge in [-0.05, 0) is 60.8 Å². The lowest BCUT2D eigenvalue weighted by molar-refractivity contribution is 0.112. The molecule has 1 aromatic heterocycles. The van der Waals surface area contributed by atoms with Gasteiger partial charge in [0.1, 0.15) is 6.29 Å². The number of aldehydes is 1. The maximum atomic E-state index is 13.5. The van der Waals surface area contributed by atoms with Crippen LogP contribution >= 0.6 is 0 Å². The second-order valence-electron chi connectivity index (χ2n) is 8.68. The molecule has 5 nitrogen and oxygen atoms in total. The van der Waals surface area contributed by atoms with Crippen LogP contribution < -0.4 is 10.1 Å². The van der Waals surface area contributed by atoms with Gasteiger partial charge >= 0.3 is 0 Å². The van der Waals surface area contributed by atoms with Crippen LogP contribution in [0, 0.1) is 5.82 Å². The smallest absolute Gasteiger partial charge is 0.165 e. The Morgan fingerprint density at radius 2 is 1.86 bits per heavy atom. The molecule has 1 heterocycles. The molecular formula is C30H35FN2O3. The molecule has 0 radical (unpaired) electrons. The first-order valence-electron chi connectivity index (χ1n) is 12.3. The van der Waals surface area contributed by atoms with E-state index in [2.05, 4.69) is 47.3 Å². The number of nitrogens with one attached hydrogen (secondary N) is 1. The zero-order valence-corrected chi connectivity index (χ0v) is 21.2. The maximum Gasteiger partial charge on any atom is 0.165 e. The number of carbonyl (C=O) groups excluding carboxylic acids is 1. The standard InChI is InChI=1S/C16H24N2O.C14H11FO2/c1-3-4-9-18-11-13(10-14(12-19)17-2)15-7-5-6-8-16(15)18;1-17-14-6-5-12(8-13(14)15)11-4-2-3-10(7-11)9-16/h5-8,11,14,17,19H,3-4,9-10,12H2,1-2H3;2-9H,1H3. The predicted octanol–water partition coefficient (Wildman–Crippen LogP) is 5.88. The Balaban J connectivity index is 0.000000202. The van der Waals surface area contributed by atoms with Crippen molar-refractivity contribution < 1.29 is 19.0 Å². The fraction of sp³-hybridized carbons (Fsp3) is 0.300. The Bertz CT molecular complexity index is 1260. The molecule has 190 valence electrons. The molecule has 4 rings (SSSR count). The number of carbonyl (C=O) groups is 1. The molecule has 36 heavy (non-hydrogen) atoms. The van der Waals surface area contributed by atoms with Crippen LogP contribution in [0.5, 0.6) is 5.75 Å². The highest BCUT2D eigenvalue weighted by molar-refractivity contribution is 5.84. The van der Waals surface area contributed by atoms with E-state index in [-0.39, 0.29) is 18.4 Å². The lowest BCUT2D eigenvalue weighted by Gasteiger charge is -2.11. The summed E-state index contributed by atoms with van der Waals surface area (Å²) in [6.45, 7) is 3.46. The molecule has 0 aliphatic carbocycles. The molecule has 0 saturated heterocycles. The highest BCUT2D eigenvalue weighted by Gasteiger charge is 2.12. The van der Waals surface area contributed by atoms with E-state index in [0.29, 0.717) is 11.1 Å². The summed E-state index contributed by atoms with van der Waals surface area (Å²) in [5.41, 5.74) is 4.71. The van der Waals surface area contributed by atoms with Crippen LogP contribution in [-0.2, 0) is 13.0 Å². The average Bonchev–Trinajstić information content (AvgIpc) is 3.28. The number of fused-ring (bicyclic) bond motifs is 1. The third-order valence-electron chi connectivity index (χ3n) is 6.23. The number of aliphatic hydroxyl groups excluding tert-OH is 1. The molecule has 1 unspecified atom stereocenters. The zero-order valence-electron chi connectivity index (χ0n) is 21.2. The molecule has 0 saturated carbocycles. The number of benzene rings is 3. The van der Waals surface area contributed by atoms with Crippen LogP contribution in [0.15, 0.2) is 72.9 Å². The molecular weight excluding hydrogens is 455 g/mol. The number of aryl methyl sites for hydroxylation is 1. The molecule has 0 bridgehead atoms. The number of para-hydroxylation sites is 1. The summed E-state index contributed by atoms with van der Waals surface area (Å²) in [6.07, 6.45) is 6.29. The lowest BCUT2D eigenvalue weighted by Crippen LogP contribution is -2.31. The van der Waals surface area contributed by atoms with E-state index < -0.39 is 5.82 Å². The largest absolute Gasteiger partial charge is 0.494 e. The maximum absolute atomic E-state index is 13.5. The van der Waals surface area contributed by atoms with Crippen LogP contribution in [0.2, 0.25) is 0 Å². The molecule has 0 aliphatic heterocycles. The number of aliphatic hydroxyl groups is 1. The number of likely N-dealkylation sites (N-methyl/N-ethyl adjacent to an activating group) is 1. The fourth-order valence-electron chi connectivity index (χ4n) is 4.16. The van der Waals surface area contributed by atoms with Crippen LogP contribution in [0.25, 0.3) is 22.0 Å². The van der Waals surface area contributed by atoms with Crippen LogP contribution in [0.3, 0.4) is 0 Å². The number of hydrogen-bond donors (Lipinski definition) is 2. The molecule has 4 aromatic rings. The Labute approximate surface area is 212 Å². The number of halogens is 1. The van der Waals surface area contributed by atoms with E-state index in [9.17, 15) is 14.3 Å². The summed E-state index contributed by atoms with van der Waals surface area (Å²) in [6, 6.07) is 20.4. The molecule has 0 amide bonds. The first-order chi connectivity index (χ1) is 17.5. The van der Waals surface area contributed by atoms with Gasteiger partial charge in [0.15, 0.2) is 11.6 Å². The Kier molecular flexibility index (Phi) is 10.2. The van der Waals surface area contributed by atoms with Gasteiger partial charge in [-0.25, -0.2) is 4.39 Å². The van der Waals surface area contributed by atoms with E-state index in [1.165, 1.54) is 42.5 Å². The van der Waals surface area contributed by atoms with Crippen molar-refractivity contribution >= 4 is 17.2 Å². The number of nitrogens with zero attached hydrogens (tertiary/aromatic N) is 1. The van der Waals surface area contributed by atoms with E-state index in [1.807, 2.05) is 13.1 Å². The number of methoxy groups -OCH3 is 1. The molecule has 0 aliphatic rings. The van der Waals surface area contributed by atoms with Crippen LogP contribution in [0.4, 0.5) is 4.39 Å². The molecule has 6 heteroatoms. The topological polar surface area (TPSA) is 63.5 Å². The van der Waals surface area contributed by atoms with Crippen molar-refractivity contribution in [2.24, 2.45) is 0 Å². The van der Waals surface area contributed by atoms with Gasteiger partial charge in [0.05, 0.1) is 13.7 Å². The highest BCUT2D eigenvalue weighted by atomic mass is 19.1. The molecule has 1 atom stereocenters. The molecule has 3 aromatic carbocycles. The Morgan fingerprint density at radius 1 is 1.08 bits per heavy atom. The van der Waals surface area contributed by atoms with E-state index in [0.717, 1.165) is 24.8 Å². The van der Waals surface area contributed by atoms with Crippen molar-refractivity contribution in [1.82, 2.24) is 9.88 Å². The number of hydrogen-bond acceptors (Lipinski definition) is 4. The van der Waals surface area contributed by atoms with Gasteiger partial charge in [-0.15, -0.1) is 0 Å². The van der Waals surface area contributed by atoms with Crippen LogP contribution in [-0.4, -0.2) is 42.8 Å². The number of unbranched alkanes of at least 4 members (excludes halogenated alkanes) is 1. The van der Waals surface area contributed by atoms with Crippen LogP contribution in [0.1, 0.15) is 35.7 Å². The van der Waals surface area contributed by atoms with Crippen molar-refractivity contribution in [3.05, 3.63) is 89.9 Å². The summed E-state index contributed by atoms with van der Waals surface area (Å²) in [5, 5.41) is 13.8. The van der Waals surface area contributed by atoms with Gasteiger partial charge in [0, 0.05) is 35.2 Å². The number of rotatable bonds is 10. The van der Waals surface area contributed by atoms with Gasteiger partial charge in [0.2, 0.25) is 0 Å². The first kappa shape index (κ1) is 27.1. The Hall–Kier alpha value is -3.48. The van der Waals surface area contributed by atoms with Gasteiger partial charge < -0.3 is 19.7 Å². The van der Waals surface area contributed by atoms with Gasteiger partial charge in [-0.1, -0.05) is 55.8 Å². The molecule has 0 fully saturated rings. The van der Waals surface area contributed by atoms with Crippen molar-refractivity contribution in [3.8, 4) is 16.9 Å². The molecule has 2 N–H and O–H groups in total. The van der Waals surface area contributed by atoms with Crippen molar-refractivity contribution in [2.45, 2.75) is 38.8 Å². The fourth-order valence-corrected chi connectivity index (χ4v) is 4.16. The van der Waals surface area contributed by atoms with Crippen molar-refractivity contribution in [1.29, 1.82) is 0 Å². The normalized spacial score (nSPS) is 11.6. The third-order valence-corrected chi connectivity index (χ3v) is 6.23. The predicted molar refractivity (Wildman–Crippen MR) is 144 cm³/mol. The van der Waals surface area contributed by atoms with Gasteiger partial charge in [-0.3, -0.25) is 4.79 Å². The van der Waals surface area contributed by atoms with E-state index >= 15 is 0 Å². The summed E-state index contributed by atoms with van der Waals surface area (Å²) < 4.78 is 20.7. The highest BCUT2D eigenvalue weighted by Crippen LogP contribution is 2.26. The second kappa shape index (κ2) is 13.6. The van der Waals surface area contributed by atoms with Crippen molar-refractivity contribution in [2.75, 3.05) is 20.8 Å². The van der Waals surface area contributed by atoms with E-state index in [4.69, 9.17) is 4.74 Å². The zero-order chi connectivity index (χ0) is 25.9. The average molecular weight is 491 g/mol. The second-order valence-corrected chi connectivity index (χ2v) is 8.68. The first-order valence-corrected chi connectivity index (χ1v) is 12.3. The monoisotopic (exact) mass is 490 g/mol. The summed E-state index contributed by atoms with van der Waals surface area (Å²) in [7, 11) is 3.32. The quantitative estimate of drug-likeness (QED) is 0.273. The summed E-state index contributed by atoms with van der Waals surface area (Å²) in [4.78, 5) is 10.7. The number of ether oxygens (including phenoxy) is 1. The minimum absolute atomic E-state index is 0.130. The van der Waals surface area contributed by atoms with Gasteiger partial charge in [0.25, 0.3) is 0 Å². The van der Waals surface area contributed by atoms with Crippen molar-refractivity contribution in [3.63, 3.8) is 0 Å². The minimum atomic E-state index is -0.415. The lowest BCUT2D eigenvalue weighted by atomic mass is 10.0. The summed E-state index contributed by atoms with van der Waals surface area (Å²) >= 11 is 0. The SMILES string of the molecule is CCCCn1cc(CC(CO)NC)c2ccccc21.COc1ccc(-c2cccc(C=O)c2)cc1F. The minimum Gasteiger partial charge on any atom is -0.494 e. The third kappa shape index (κ3) is 6.80. The van der Waals surface area contributed by atoms with Gasteiger partial charge in [-0.2, -0.15) is 0 Å². The Morgan fingerprint density at radius 3 is 2.53 bits per heavy atom. The molecule has 0 spiro atoms. The van der Waals surface area contributed by atoms with E-state index in [1.54, 1.807) is 30.3 Å². The number of aromatic nitrogens is 1.